The SMILES string of the molecule is OP(O)C(NC(c1ccccc1)c1ccccc1)c1ccco1. The fourth-order valence-electron chi connectivity index (χ4n) is 2.54. The number of rotatable bonds is 6. The minimum Gasteiger partial charge on any atom is -0.467 e. The Balaban J connectivity index is 1.95. The van der Waals surface area contributed by atoms with Crippen LogP contribution in [0.3, 0.4) is 0 Å². The second kappa shape index (κ2) is 7.53. The van der Waals surface area contributed by atoms with Crippen LogP contribution in [0.5, 0.6) is 0 Å². The zero-order chi connectivity index (χ0) is 16.1. The lowest BCUT2D eigenvalue weighted by atomic mass is 9.98. The molecule has 3 aromatic rings. The standard InChI is InChI=1S/C18H18NO3P/c20-23(21)18(16-12-7-13-22-16)19-17(14-8-3-1-4-9-14)15-10-5-2-6-11-15/h1-13,17-21H. The van der Waals surface area contributed by atoms with Crippen LogP contribution in [0.1, 0.15) is 28.7 Å². The zero-order valence-electron chi connectivity index (χ0n) is 12.4. The number of hydrogen-bond acceptors (Lipinski definition) is 4. The molecule has 0 bridgehead atoms. The van der Waals surface area contributed by atoms with Gasteiger partial charge >= 0.3 is 0 Å². The molecular weight excluding hydrogens is 309 g/mol. The van der Waals surface area contributed by atoms with Gasteiger partial charge in [-0.3, -0.25) is 5.32 Å². The molecule has 0 saturated carbocycles. The van der Waals surface area contributed by atoms with Crippen LogP contribution in [0.4, 0.5) is 0 Å². The molecule has 0 aliphatic rings. The maximum absolute atomic E-state index is 9.82. The van der Waals surface area contributed by atoms with Crippen LogP contribution in [-0.2, 0) is 0 Å². The number of furan rings is 1. The zero-order valence-corrected chi connectivity index (χ0v) is 13.3. The lowest BCUT2D eigenvalue weighted by Gasteiger charge is -2.26. The molecule has 1 atom stereocenters. The van der Waals surface area contributed by atoms with Crippen LogP contribution >= 0.6 is 8.38 Å². The summed E-state index contributed by atoms with van der Waals surface area (Å²) in [5, 5.41) is 3.32. The van der Waals surface area contributed by atoms with Gasteiger partial charge in [0.15, 0.2) is 8.38 Å². The molecule has 0 aliphatic carbocycles. The molecule has 2 aromatic carbocycles. The summed E-state index contributed by atoms with van der Waals surface area (Å²) in [5.74, 6) is -0.150. The molecule has 0 aliphatic heterocycles. The Morgan fingerprint density at radius 1 is 0.783 bits per heavy atom. The van der Waals surface area contributed by atoms with Crippen molar-refractivity contribution in [2.75, 3.05) is 0 Å². The summed E-state index contributed by atoms with van der Waals surface area (Å²) in [6.45, 7) is 0. The van der Waals surface area contributed by atoms with Crippen LogP contribution in [0.25, 0.3) is 0 Å². The predicted molar refractivity (Wildman–Crippen MR) is 90.7 cm³/mol. The van der Waals surface area contributed by atoms with E-state index >= 15 is 0 Å². The molecule has 118 valence electrons. The average Bonchev–Trinajstić information content (AvgIpc) is 3.11. The molecule has 0 fully saturated rings. The first kappa shape index (κ1) is 15.9. The predicted octanol–water partition coefficient (Wildman–Crippen LogP) is 3.95. The molecule has 1 unspecified atom stereocenters. The minimum atomic E-state index is -2.23. The lowest BCUT2D eigenvalue weighted by molar-refractivity contribution is 0.399. The van der Waals surface area contributed by atoms with E-state index in [1.807, 2.05) is 60.7 Å². The van der Waals surface area contributed by atoms with Crippen molar-refractivity contribution in [1.29, 1.82) is 0 Å². The van der Waals surface area contributed by atoms with Gasteiger partial charge in [0.1, 0.15) is 11.5 Å². The van der Waals surface area contributed by atoms with E-state index < -0.39 is 14.2 Å². The normalized spacial score (nSPS) is 12.7. The maximum Gasteiger partial charge on any atom is 0.191 e. The summed E-state index contributed by atoms with van der Waals surface area (Å²) in [7, 11) is -2.23. The second-order valence-electron chi connectivity index (χ2n) is 5.16. The summed E-state index contributed by atoms with van der Waals surface area (Å²) in [4.78, 5) is 19.6. The molecule has 4 nitrogen and oxygen atoms in total. The maximum atomic E-state index is 9.82. The van der Waals surface area contributed by atoms with Gasteiger partial charge in [-0.1, -0.05) is 60.7 Å². The van der Waals surface area contributed by atoms with Gasteiger partial charge in [0.2, 0.25) is 0 Å². The van der Waals surface area contributed by atoms with Gasteiger partial charge in [0.25, 0.3) is 0 Å². The Kier molecular flexibility index (Phi) is 5.21. The highest BCUT2D eigenvalue weighted by molar-refractivity contribution is 7.45. The van der Waals surface area contributed by atoms with Gasteiger partial charge in [-0.2, -0.15) is 0 Å². The smallest absolute Gasteiger partial charge is 0.191 e. The lowest BCUT2D eigenvalue weighted by Crippen LogP contribution is -2.26. The Hall–Kier alpha value is -1.97. The van der Waals surface area contributed by atoms with E-state index in [0.717, 1.165) is 11.1 Å². The molecule has 0 saturated heterocycles. The highest BCUT2D eigenvalue weighted by Gasteiger charge is 2.27. The first-order chi connectivity index (χ1) is 11.3. The van der Waals surface area contributed by atoms with Gasteiger partial charge in [0.05, 0.1) is 12.3 Å². The van der Waals surface area contributed by atoms with E-state index in [9.17, 15) is 9.79 Å². The van der Waals surface area contributed by atoms with E-state index in [1.54, 1.807) is 12.1 Å². The van der Waals surface area contributed by atoms with Gasteiger partial charge in [-0.25, -0.2) is 0 Å². The van der Waals surface area contributed by atoms with E-state index in [4.69, 9.17) is 4.42 Å². The first-order valence-electron chi connectivity index (χ1n) is 7.32. The second-order valence-corrected chi connectivity index (χ2v) is 6.32. The third-order valence-corrected chi connectivity index (χ3v) is 4.50. The minimum absolute atomic E-state index is 0.170. The van der Waals surface area contributed by atoms with Crippen molar-refractivity contribution in [1.82, 2.24) is 5.32 Å². The fraction of sp³-hybridized carbons (Fsp3) is 0.111. The molecular formula is C18H18NO3P. The van der Waals surface area contributed by atoms with E-state index in [1.165, 1.54) is 6.26 Å². The number of nitrogens with one attached hydrogen (secondary N) is 1. The summed E-state index contributed by atoms with van der Waals surface area (Å²) in [5.41, 5.74) is 2.10. The largest absolute Gasteiger partial charge is 0.467 e. The third kappa shape index (κ3) is 3.87. The molecule has 5 heteroatoms. The third-order valence-electron chi connectivity index (χ3n) is 3.63. The van der Waals surface area contributed by atoms with Gasteiger partial charge in [-0.15, -0.1) is 0 Å². The quantitative estimate of drug-likeness (QED) is 0.600. The van der Waals surface area contributed by atoms with Gasteiger partial charge in [-0.05, 0) is 23.3 Å². The van der Waals surface area contributed by atoms with Crippen molar-refractivity contribution < 1.29 is 14.2 Å². The molecule has 1 heterocycles. The molecule has 0 spiro atoms. The Labute approximate surface area is 136 Å². The van der Waals surface area contributed by atoms with Crippen molar-refractivity contribution in [3.8, 4) is 0 Å². The Morgan fingerprint density at radius 3 is 1.78 bits per heavy atom. The van der Waals surface area contributed by atoms with Crippen LogP contribution in [-0.4, -0.2) is 9.79 Å². The molecule has 3 N–H and O–H groups in total. The van der Waals surface area contributed by atoms with Gasteiger partial charge < -0.3 is 14.2 Å². The van der Waals surface area contributed by atoms with E-state index in [2.05, 4.69) is 5.32 Å². The van der Waals surface area contributed by atoms with Crippen molar-refractivity contribution in [3.63, 3.8) is 0 Å². The Bertz CT molecular complexity index is 662. The summed E-state index contributed by atoms with van der Waals surface area (Å²) in [6.07, 6.45) is 1.53. The topological polar surface area (TPSA) is 65.6 Å². The fourth-order valence-corrected chi connectivity index (χ4v) is 3.20. The van der Waals surface area contributed by atoms with Crippen LogP contribution in [0, 0.1) is 0 Å². The van der Waals surface area contributed by atoms with Crippen molar-refractivity contribution in [3.05, 3.63) is 95.9 Å². The molecule has 0 amide bonds. The number of benzene rings is 2. The molecule has 3 rings (SSSR count). The first-order valence-corrected chi connectivity index (χ1v) is 8.63. The van der Waals surface area contributed by atoms with E-state index in [0.29, 0.717) is 5.76 Å². The number of hydrogen-bond donors (Lipinski definition) is 3. The van der Waals surface area contributed by atoms with Crippen molar-refractivity contribution in [2.45, 2.75) is 11.8 Å². The van der Waals surface area contributed by atoms with Crippen molar-refractivity contribution in [2.24, 2.45) is 0 Å². The van der Waals surface area contributed by atoms with Crippen molar-refractivity contribution >= 4 is 8.38 Å². The van der Waals surface area contributed by atoms with Crippen LogP contribution < -0.4 is 5.32 Å². The molecule has 1 aromatic heterocycles. The van der Waals surface area contributed by atoms with Crippen LogP contribution in [0.2, 0.25) is 0 Å². The van der Waals surface area contributed by atoms with Crippen LogP contribution in [0.15, 0.2) is 83.5 Å². The Morgan fingerprint density at radius 2 is 1.35 bits per heavy atom. The summed E-state index contributed by atoms with van der Waals surface area (Å²) in [6, 6.07) is 23.2. The average molecular weight is 327 g/mol. The molecule has 0 radical (unpaired) electrons. The van der Waals surface area contributed by atoms with Gasteiger partial charge in [0, 0.05) is 0 Å². The highest BCUT2D eigenvalue weighted by atomic mass is 31.2. The van der Waals surface area contributed by atoms with E-state index in [-0.39, 0.29) is 6.04 Å². The highest BCUT2D eigenvalue weighted by Crippen LogP contribution is 2.44. The summed E-state index contributed by atoms with van der Waals surface area (Å²) < 4.78 is 5.36. The monoisotopic (exact) mass is 327 g/mol. The molecule has 23 heavy (non-hydrogen) atoms. The summed E-state index contributed by atoms with van der Waals surface area (Å²) >= 11 is 0.